The number of rotatable bonds is 4. The molecule has 2 unspecified atom stereocenters. The summed E-state index contributed by atoms with van der Waals surface area (Å²) in [6.45, 7) is 1.42. The fraction of sp³-hybridized carbons (Fsp3) is 0.417. The molecule has 8 heteroatoms. The zero-order chi connectivity index (χ0) is 15.5. The molecule has 0 radical (unpaired) electrons. The Morgan fingerprint density at radius 3 is 2.60 bits per heavy atom. The second-order valence-corrected chi connectivity index (χ2v) is 5.16. The molecule has 1 aromatic carbocycles. The van der Waals surface area contributed by atoms with Gasteiger partial charge < -0.3 is 16.2 Å². The largest absolute Gasteiger partial charge is 0.417 e. The van der Waals surface area contributed by atoms with Crippen LogP contribution in [0.4, 0.5) is 13.2 Å². The first kappa shape index (κ1) is 16.9. The molecule has 0 saturated carbocycles. The van der Waals surface area contributed by atoms with E-state index in [9.17, 15) is 18.0 Å². The number of hydrogen-bond donors (Lipinski definition) is 3. The van der Waals surface area contributed by atoms with Crippen LogP contribution in [0.25, 0.3) is 0 Å². The molecule has 0 saturated heterocycles. The Hall–Kier alpha value is -1.12. The average Bonchev–Trinajstić information content (AvgIpc) is 2.34. The maximum atomic E-state index is 12.7. The molecule has 0 fully saturated rings. The van der Waals surface area contributed by atoms with E-state index < -0.39 is 29.8 Å². The van der Waals surface area contributed by atoms with Crippen LogP contribution >= 0.6 is 15.9 Å². The minimum absolute atomic E-state index is 0.0338. The Morgan fingerprint density at radius 1 is 1.50 bits per heavy atom. The molecule has 0 spiro atoms. The number of hydrogen-bond acceptors (Lipinski definition) is 3. The maximum absolute atomic E-state index is 12.7. The van der Waals surface area contributed by atoms with Gasteiger partial charge in [0, 0.05) is 22.6 Å². The fourth-order valence-corrected chi connectivity index (χ4v) is 1.84. The van der Waals surface area contributed by atoms with Crippen LogP contribution in [-0.2, 0) is 6.18 Å². The van der Waals surface area contributed by atoms with Gasteiger partial charge in [-0.25, -0.2) is 0 Å². The topological polar surface area (TPSA) is 75.3 Å². The first-order valence-corrected chi connectivity index (χ1v) is 6.51. The first-order valence-electron chi connectivity index (χ1n) is 5.71. The van der Waals surface area contributed by atoms with E-state index in [1.165, 1.54) is 13.0 Å². The SMILES string of the molecule is CC(O)C(N)CNC(=O)c1ccc(Br)c(C(F)(F)F)c1. The standard InChI is InChI=1S/C12H14BrF3N2O2/c1-6(19)10(17)5-18-11(20)7-2-3-9(13)8(4-7)12(14,15)16/h2-4,6,10,19H,5,17H2,1H3,(H,18,20). The number of benzene rings is 1. The van der Waals surface area contributed by atoms with Gasteiger partial charge in [-0.05, 0) is 25.1 Å². The summed E-state index contributed by atoms with van der Waals surface area (Å²) in [6.07, 6.45) is -5.38. The second-order valence-electron chi connectivity index (χ2n) is 4.31. The molecule has 112 valence electrons. The van der Waals surface area contributed by atoms with Gasteiger partial charge >= 0.3 is 6.18 Å². The van der Waals surface area contributed by atoms with Crippen molar-refractivity contribution >= 4 is 21.8 Å². The summed E-state index contributed by atoms with van der Waals surface area (Å²) in [7, 11) is 0. The predicted molar refractivity (Wildman–Crippen MR) is 71.1 cm³/mol. The molecule has 0 aliphatic rings. The van der Waals surface area contributed by atoms with Gasteiger partial charge in [0.25, 0.3) is 5.91 Å². The van der Waals surface area contributed by atoms with E-state index in [1.54, 1.807) is 0 Å². The van der Waals surface area contributed by atoms with Crippen molar-refractivity contribution in [1.29, 1.82) is 0 Å². The van der Waals surface area contributed by atoms with Crippen LogP contribution in [0.3, 0.4) is 0 Å². The maximum Gasteiger partial charge on any atom is 0.417 e. The molecule has 0 heterocycles. The van der Waals surface area contributed by atoms with Crippen LogP contribution in [-0.4, -0.2) is 29.7 Å². The van der Waals surface area contributed by atoms with Crippen LogP contribution in [0, 0.1) is 0 Å². The van der Waals surface area contributed by atoms with Crippen molar-refractivity contribution in [3.05, 3.63) is 33.8 Å². The number of alkyl halides is 3. The molecule has 1 aromatic rings. The Labute approximate surface area is 122 Å². The summed E-state index contributed by atoms with van der Waals surface area (Å²) in [5.41, 5.74) is 4.46. The van der Waals surface area contributed by atoms with Crippen molar-refractivity contribution in [3.8, 4) is 0 Å². The summed E-state index contributed by atoms with van der Waals surface area (Å²) >= 11 is 2.79. The van der Waals surface area contributed by atoms with Crippen LogP contribution < -0.4 is 11.1 Å². The van der Waals surface area contributed by atoms with Gasteiger partial charge in [0.15, 0.2) is 0 Å². The van der Waals surface area contributed by atoms with Gasteiger partial charge in [0.05, 0.1) is 11.7 Å². The van der Waals surface area contributed by atoms with E-state index in [-0.39, 0.29) is 16.6 Å². The molecule has 20 heavy (non-hydrogen) atoms. The highest BCUT2D eigenvalue weighted by Crippen LogP contribution is 2.35. The Balaban J connectivity index is 2.85. The number of carbonyl (C=O) groups is 1. The van der Waals surface area contributed by atoms with E-state index in [1.807, 2.05) is 0 Å². The van der Waals surface area contributed by atoms with E-state index >= 15 is 0 Å². The molecular formula is C12H14BrF3N2O2. The van der Waals surface area contributed by atoms with E-state index in [0.29, 0.717) is 0 Å². The second kappa shape index (κ2) is 6.55. The Bertz CT molecular complexity index is 492. The normalized spacial score (nSPS) is 14.8. The van der Waals surface area contributed by atoms with Gasteiger partial charge in [-0.1, -0.05) is 15.9 Å². The number of aliphatic hydroxyl groups excluding tert-OH is 1. The van der Waals surface area contributed by atoms with Crippen molar-refractivity contribution in [3.63, 3.8) is 0 Å². The molecular weight excluding hydrogens is 341 g/mol. The summed E-state index contributed by atoms with van der Waals surface area (Å²) in [5.74, 6) is -0.681. The number of aliphatic hydroxyl groups is 1. The third kappa shape index (κ3) is 4.46. The van der Waals surface area contributed by atoms with Gasteiger partial charge in [-0.2, -0.15) is 13.2 Å². The monoisotopic (exact) mass is 354 g/mol. The van der Waals surface area contributed by atoms with Crippen LogP contribution in [0.2, 0.25) is 0 Å². The van der Waals surface area contributed by atoms with Crippen LogP contribution in [0.5, 0.6) is 0 Å². The Kier molecular flexibility index (Phi) is 5.55. The van der Waals surface area contributed by atoms with E-state index in [4.69, 9.17) is 10.8 Å². The predicted octanol–water partition coefficient (Wildman–Crippen LogP) is 1.91. The van der Waals surface area contributed by atoms with Gasteiger partial charge in [0.2, 0.25) is 0 Å². The minimum atomic E-state index is -4.55. The average molecular weight is 355 g/mol. The lowest BCUT2D eigenvalue weighted by Gasteiger charge is -2.16. The summed E-state index contributed by atoms with van der Waals surface area (Å²) in [5, 5.41) is 11.5. The van der Waals surface area contributed by atoms with Crippen LogP contribution in [0.1, 0.15) is 22.8 Å². The fourth-order valence-electron chi connectivity index (χ4n) is 1.37. The number of amides is 1. The molecule has 1 amide bonds. The highest BCUT2D eigenvalue weighted by molar-refractivity contribution is 9.10. The molecule has 0 aliphatic carbocycles. The molecule has 4 N–H and O–H groups in total. The Morgan fingerprint density at radius 2 is 2.10 bits per heavy atom. The molecule has 1 rings (SSSR count). The van der Waals surface area contributed by atoms with Crippen LogP contribution in [0.15, 0.2) is 22.7 Å². The number of nitrogens with two attached hydrogens (primary N) is 1. The lowest BCUT2D eigenvalue weighted by Crippen LogP contribution is -2.43. The first-order chi connectivity index (χ1) is 9.12. The molecule has 4 nitrogen and oxygen atoms in total. The van der Waals surface area contributed by atoms with E-state index in [0.717, 1.165) is 12.1 Å². The van der Waals surface area contributed by atoms with Gasteiger partial charge in [-0.15, -0.1) is 0 Å². The highest BCUT2D eigenvalue weighted by Gasteiger charge is 2.33. The highest BCUT2D eigenvalue weighted by atomic mass is 79.9. The van der Waals surface area contributed by atoms with Crippen molar-refractivity contribution in [2.24, 2.45) is 5.73 Å². The zero-order valence-electron chi connectivity index (χ0n) is 10.5. The van der Waals surface area contributed by atoms with E-state index in [2.05, 4.69) is 21.2 Å². The number of halogens is 4. The minimum Gasteiger partial charge on any atom is -0.392 e. The van der Waals surface area contributed by atoms with Crippen molar-refractivity contribution in [1.82, 2.24) is 5.32 Å². The molecule has 0 bridgehead atoms. The van der Waals surface area contributed by atoms with Gasteiger partial charge in [0.1, 0.15) is 0 Å². The number of nitrogens with one attached hydrogen (secondary N) is 1. The summed E-state index contributed by atoms with van der Waals surface area (Å²) < 4.78 is 38.0. The quantitative estimate of drug-likeness (QED) is 0.772. The number of carbonyl (C=O) groups excluding carboxylic acids is 1. The third-order valence-electron chi connectivity index (χ3n) is 2.65. The molecule has 2 atom stereocenters. The summed E-state index contributed by atoms with van der Waals surface area (Å²) in [4.78, 5) is 11.7. The lowest BCUT2D eigenvalue weighted by atomic mass is 10.1. The third-order valence-corrected chi connectivity index (χ3v) is 3.34. The summed E-state index contributed by atoms with van der Waals surface area (Å²) in [6, 6.07) is 2.50. The smallest absolute Gasteiger partial charge is 0.392 e. The zero-order valence-corrected chi connectivity index (χ0v) is 12.1. The van der Waals surface area contributed by atoms with Gasteiger partial charge in [-0.3, -0.25) is 4.79 Å². The van der Waals surface area contributed by atoms with Crippen molar-refractivity contribution < 1.29 is 23.1 Å². The molecule has 0 aromatic heterocycles. The van der Waals surface area contributed by atoms with Crippen molar-refractivity contribution in [2.75, 3.05) is 6.54 Å². The van der Waals surface area contributed by atoms with Crippen molar-refractivity contribution in [2.45, 2.75) is 25.2 Å². The lowest BCUT2D eigenvalue weighted by molar-refractivity contribution is -0.138. The molecule has 0 aliphatic heterocycles.